The minimum atomic E-state index is 0.957. The number of para-hydroxylation sites is 1. The van der Waals surface area contributed by atoms with E-state index in [1.54, 1.807) is 0 Å². The van der Waals surface area contributed by atoms with E-state index in [9.17, 15) is 0 Å². The SMILES string of the molecule is CCCc1ccc2c(c1)c1cc3c(cc1n2C)oc1ccccc13. The van der Waals surface area contributed by atoms with E-state index in [2.05, 4.69) is 61.0 Å². The molecule has 2 nitrogen and oxygen atoms in total. The molecule has 0 amide bonds. The largest absolute Gasteiger partial charge is 0.456 e. The molecule has 0 bridgehead atoms. The first-order valence-electron chi connectivity index (χ1n) is 8.58. The normalized spacial score (nSPS) is 12.1. The molecule has 2 heterocycles. The highest BCUT2D eigenvalue weighted by Gasteiger charge is 2.13. The number of aryl methyl sites for hydroxylation is 2. The van der Waals surface area contributed by atoms with Gasteiger partial charge in [-0.3, -0.25) is 0 Å². The van der Waals surface area contributed by atoms with Gasteiger partial charge in [-0.1, -0.05) is 37.6 Å². The summed E-state index contributed by atoms with van der Waals surface area (Å²) in [5.74, 6) is 0. The highest BCUT2D eigenvalue weighted by molar-refractivity contribution is 6.16. The molecule has 0 atom stereocenters. The fraction of sp³-hybridized carbons (Fsp3) is 0.182. The monoisotopic (exact) mass is 313 g/mol. The molecule has 0 aliphatic rings. The summed E-state index contributed by atoms with van der Waals surface area (Å²) in [4.78, 5) is 0. The van der Waals surface area contributed by atoms with Gasteiger partial charge in [0.2, 0.25) is 0 Å². The van der Waals surface area contributed by atoms with Gasteiger partial charge in [-0.15, -0.1) is 0 Å². The van der Waals surface area contributed by atoms with E-state index in [1.165, 1.54) is 44.6 Å². The summed E-state index contributed by atoms with van der Waals surface area (Å²) in [6.07, 6.45) is 2.30. The lowest BCUT2D eigenvalue weighted by Crippen LogP contribution is -1.87. The second kappa shape index (κ2) is 4.88. The Kier molecular flexibility index (Phi) is 2.78. The molecule has 3 aromatic carbocycles. The molecule has 5 aromatic rings. The Morgan fingerprint density at radius 2 is 1.62 bits per heavy atom. The van der Waals surface area contributed by atoms with Gasteiger partial charge in [0.25, 0.3) is 0 Å². The average molecular weight is 313 g/mol. The third-order valence-electron chi connectivity index (χ3n) is 5.11. The maximum absolute atomic E-state index is 6.06. The first kappa shape index (κ1) is 13.7. The van der Waals surface area contributed by atoms with Crippen LogP contribution >= 0.6 is 0 Å². The molecule has 0 saturated carbocycles. The van der Waals surface area contributed by atoms with Crippen molar-refractivity contribution in [3.8, 4) is 0 Å². The number of benzene rings is 3. The predicted octanol–water partition coefficient (Wildman–Crippen LogP) is 6.18. The molecule has 0 aliphatic heterocycles. The highest BCUT2D eigenvalue weighted by atomic mass is 16.3. The molecule has 0 aliphatic carbocycles. The van der Waals surface area contributed by atoms with Crippen LogP contribution in [-0.2, 0) is 13.5 Å². The molecule has 0 radical (unpaired) electrons. The Morgan fingerprint density at radius 1 is 0.792 bits per heavy atom. The maximum Gasteiger partial charge on any atom is 0.137 e. The molecule has 24 heavy (non-hydrogen) atoms. The van der Waals surface area contributed by atoms with Crippen LogP contribution in [0.25, 0.3) is 43.7 Å². The summed E-state index contributed by atoms with van der Waals surface area (Å²) in [6.45, 7) is 2.23. The summed E-state index contributed by atoms with van der Waals surface area (Å²) in [6, 6.07) is 19.6. The molecular formula is C22H19NO. The van der Waals surface area contributed by atoms with Crippen LogP contribution in [0.1, 0.15) is 18.9 Å². The zero-order chi connectivity index (χ0) is 16.3. The molecule has 0 spiro atoms. The minimum absolute atomic E-state index is 0.957. The van der Waals surface area contributed by atoms with E-state index in [-0.39, 0.29) is 0 Å². The Hall–Kier alpha value is -2.74. The second-order valence-electron chi connectivity index (χ2n) is 6.62. The van der Waals surface area contributed by atoms with Gasteiger partial charge in [0, 0.05) is 40.2 Å². The quantitative estimate of drug-likeness (QED) is 0.380. The van der Waals surface area contributed by atoms with Gasteiger partial charge < -0.3 is 8.98 Å². The van der Waals surface area contributed by atoms with E-state index in [0.717, 1.165) is 17.6 Å². The summed E-state index contributed by atoms with van der Waals surface area (Å²) < 4.78 is 8.33. The van der Waals surface area contributed by atoms with Crippen LogP contribution in [0, 0.1) is 0 Å². The van der Waals surface area contributed by atoms with Crippen molar-refractivity contribution in [2.75, 3.05) is 0 Å². The van der Waals surface area contributed by atoms with Crippen molar-refractivity contribution >= 4 is 43.7 Å². The van der Waals surface area contributed by atoms with Gasteiger partial charge in [0.15, 0.2) is 0 Å². The van der Waals surface area contributed by atoms with Crippen LogP contribution < -0.4 is 0 Å². The molecule has 118 valence electrons. The number of rotatable bonds is 2. The van der Waals surface area contributed by atoms with Crippen LogP contribution in [0.3, 0.4) is 0 Å². The van der Waals surface area contributed by atoms with E-state index in [0.29, 0.717) is 0 Å². The first-order valence-corrected chi connectivity index (χ1v) is 8.58. The van der Waals surface area contributed by atoms with E-state index < -0.39 is 0 Å². The van der Waals surface area contributed by atoms with Gasteiger partial charge in [-0.25, -0.2) is 0 Å². The Morgan fingerprint density at radius 3 is 2.50 bits per heavy atom. The molecule has 0 saturated heterocycles. The minimum Gasteiger partial charge on any atom is -0.456 e. The van der Waals surface area contributed by atoms with E-state index >= 15 is 0 Å². The topological polar surface area (TPSA) is 18.1 Å². The molecule has 2 aromatic heterocycles. The fourth-order valence-corrected chi connectivity index (χ4v) is 3.92. The number of furan rings is 1. The molecule has 5 rings (SSSR count). The summed E-state index contributed by atoms with van der Waals surface area (Å²) in [5.41, 5.74) is 5.84. The van der Waals surface area contributed by atoms with Crippen molar-refractivity contribution in [2.24, 2.45) is 7.05 Å². The third kappa shape index (κ3) is 1.77. The van der Waals surface area contributed by atoms with Crippen molar-refractivity contribution in [3.05, 3.63) is 60.2 Å². The number of hydrogen-bond acceptors (Lipinski definition) is 1. The lowest BCUT2D eigenvalue weighted by atomic mass is 10.0. The van der Waals surface area contributed by atoms with Crippen LogP contribution in [0.4, 0.5) is 0 Å². The van der Waals surface area contributed by atoms with Gasteiger partial charge in [-0.05, 0) is 36.2 Å². The van der Waals surface area contributed by atoms with Crippen molar-refractivity contribution in [3.63, 3.8) is 0 Å². The van der Waals surface area contributed by atoms with Crippen molar-refractivity contribution in [1.82, 2.24) is 4.57 Å². The number of aromatic nitrogens is 1. The van der Waals surface area contributed by atoms with Gasteiger partial charge in [0.05, 0.1) is 5.52 Å². The van der Waals surface area contributed by atoms with Crippen molar-refractivity contribution in [1.29, 1.82) is 0 Å². The predicted molar refractivity (Wildman–Crippen MR) is 102 cm³/mol. The van der Waals surface area contributed by atoms with Crippen molar-refractivity contribution in [2.45, 2.75) is 19.8 Å². The summed E-state index contributed by atoms with van der Waals surface area (Å²) in [7, 11) is 2.14. The zero-order valence-corrected chi connectivity index (χ0v) is 14.0. The third-order valence-corrected chi connectivity index (χ3v) is 5.11. The number of nitrogens with zero attached hydrogens (tertiary/aromatic N) is 1. The average Bonchev–Trinajstić information content (AvgIpc) is 3.10. The molecule has 0 N–H and O–H groups in total. The smallest absolute Gasteiger partial charge is 0.137 e. The Bertz CT molecular complexity index is 1220. The molecular weight excluding hydrogens is 294 g/mol. The first-order chi connectivity index (χ1) is 11.8. The van der Waals surface area contributed by atoms with E-state index in [4.69, 9.17) is 4.42 Å². The lowest BCUT2D eigenvalue weighted by Gasteiger charge is -2.00. The van der Waals surface area contributed by atoms with Crippen LogP contribution in [-0.4, -0.2) is 4.57 Å². The molecule has 0 fully saturated rings. The highest BCUT2D eigenvalue weighted by Crippen LogP contribution is 2.36. The second-order valence-corrected chi connectivity index (χ2v) is 6.62. The number of fused-ring (bicyclic) bond motifs is 6. The fourth-order valence-electron chi connectivity index (χ4n) is 3.92. The summed E-state index contributed by atoms with van der Waals surface area (Å²) >= 11 is 0. The van der Waals surface area contributed by atoms with Crippen LogP contribution in [0.15, 0.2) is 59.0 Å². The van der Waals surface area contributed by atoms with Crippen LogP contribution in [0.5, 0.6) is 0 Å². The van der Waals surface area contributed by atoms with Gasteiger partial charge in [-0.2, -0.15) is 0 Å². The standard InChI is InChI=1S/C22H19NO/c1-3-6-14-9-10-19-16(11-14)17-12-18-15-7-4-5-8-21(15)24-22(18)13-20(17)23(19)2/h4-5,7-13H,3,6H2,1-2H3. The van der Waals surface area contributed by atoms with Crippen LogP contribution in [0.2, 0.25) is 0 Å². The number of hydrogen-bond donors (Lipinski definition) is 0. The Balaban J connectivity index is 1.94. The van der Waals surface area contributed by atoms with E-state index in [1.807, 2.05) is 12.1 Å². The lowest BCUT2D eigenvalue weighted by molar-refractivity contribution is 0.669. The summed E-state index contributed by atoms with van der Waals surface area (Å²) in [5, 5.41) is 5.04. The maximum atomic E-state index is 6.06. The molecule has 2 heteroatoms. The van der Waals surface area contributed by atoms with Gasteiger partial charge >= 0.3 is 0 Å². The van der Waals surface area contributed by atoms with Crippen molar-refractivity contribution < 1.29 is 4.42 Å². The molecule has 0 unspecified atom stereocenters. The zero-order valence-electron chi connectivity index (χ0n) is 14.0. The Labute approximate surface area is 140 Å². The van der Waals surface area contributed by atoms with Gasteiger partial charge in [0.1, 0.15) is 11.2 Å².